The number of imidazole rings is 1. The van der Waals surface area contributed by atoms with E-state index in [9.17, 15) is 9.47 Å². The van der Waals surface area contributed by atoms with E-state index in [1.807, 2.05) is 24.6 Å². The summed E-state index contributed by atoms with van der Waals surface area (Å²) in [6, 6.07) is 4.05. The zero-order chi connectivity index (χ0) is 19.6. The summed E-state index contributed by atoms with van der Waals surface area (Å²) in [5.41, 5.74) is 8.77. The van der Waals surface area contributed by atoms with Gasteiger partial charge in [-0.3, -0.25) is 4.21 Å². The van der Waals surface area contributed by atoms with Crippen LogP contribution in [-0.2, 0) is 17.8 Å². The zero-order valence-corrected chi connectivity index (χ0v) is 16.6. The predicted octanol–water partition coefficient (Wildman–Crippen LogP) is 2.13. The maximum atomic E-state index is 11.6. The van der Waals surface area contributed by atoms with Gasteiger partial charge in [-0.15, -0.1) is 0 Å². The van der Waals surface area contributed by atoms with Gasteiger partial charge in [-0.2, -0.15) is 5.26 Å². The molecule has 0 saturated carbocycles. The summed E-state index contributed by atoms with van der Waals surface area (Å²) in [7, 11) is 0.861. The molecule has 0 aliphatic carbocycles. The maximum Gasteiger partial charge on any atom is 0.219 e. The van der Waals surface area contributed by atoms with Gasteiger partial charge < -0.3 is 10.3 Å². The average Bonchev–Trinajstić information content (AvgIpc) is 2.98. The van der Waals surface area contributed by atoms with Gasteiger partial charge in [0.1, 0.15) is 16.9 Å². The Morgan fingerprint density at radius 3 is 2.56 bits per heavy atom. The topological polar surface area (TPSA) is 123 Å². The van der Waals surface area contributed by atoms with Crippen LogP contribution in [0.25, 0.3) is 22.5 Å². The molecule has 0 aliphatic rings. The van der Waals surface area contributed by atoms with Crippen molar-refractivity contribution in [1.82, 2.24) is 24.5 Å². The summed E-state index contributed by atoms with van der Waals surface area (Å²) in [6.07, 6.45) is 6.51. The number of hydrogen-bond acceptors (Lipinski definition) is 8. The summed E-state index contributed by atoms with van der Waals surface area (Å²) in [5.74, 6) is 0.998. The van der Waals surface area contributed by atoms with Gasteiger partial charge in [-0.1, -0.05) is 11.8 Å². The van der Waals surface area contributed by atoms with Crippen LogP contribution in [0.1, 0.15) is 11.4 Å². The minimum Gasteiger partial charge on any atom is -0.368 e. The van der Waals surface area contributed by atoms with E-state index in [-0.39, 0.29) is 5.95 Å². The van der Waals surface area contributed by atoms with Gasteiger partial charge in [0, 0.05) is 47.6 Å². The smallest absolute Gasteiger partial charge is 0.219 e. The number of anilines is 1. The average molecular weight is 400 g/mol. The Labute approximate surface area is 163 Å². The fourth-order valence-electron chi connectivity index (χ4n) is 2.45. The first-order valence-electron chi connectivity index (χ1n) is 7.85. The highest BCUT2D eigenvalue weighted by atomic mass is 32.2. The molecule has 0 spiro atoms. The number of nitrogens with zero attached hydrogens (tertiary/aromatic N) is 6. The molecule has 1 unspecified atom stereocenters. The second-order valence-electron chi connectivity index (χ2n) is 5.76. The monoisotopic (exact) mass is 399 g/mol. The van der Waals surface area contributed by atoms with Crippen LogP contribution in [0.2, 0.25) is 0 Å². The van der Waals surface area contributed by atoms with Crippen molar-refractivity contribution >= 4 is 28.5 Å². The van der Waals surface area contributed by atoms with Gasteiger partial charge in [-0.05, 0) is 13.0 Å². The van der Waals surface area contributed by atoms with E-state index in [0.717, 1.165) is 11.5 Å². The first-order chi connectivity index (χ1) is 12.9. The molecule has 3 rings (SSSR count). The summed E-state index contributed by atoms with van der Waals surface area (Å²) in [4.78, 5) is 16.9. The van der Waals surface area contributed by atoms with Gasteiger partial charge >= 0.3 is 0 Å². The molecular weight excluding hydrogens is 382 g/mol. The van der Waals surface area contributed by atoms with Crippen LogP contribution in [0.15, 0.2) is 29.7 Å². The number of nitriles is 1. The SMILES string of the molecule is Cc1ncc(-c2cc(-c3cnc(N)nc3)nc(SCS(C)=O)c2C#N)n1C. The maximum absolute atomic E-state index is 11.6. The molecule has 0 aromatic carbocycles. The number of nitrogens with two attached hydrogens (primary N) is 1. The van der Waals surface area contributed by atoms with Crippen molar-refractivity contribution in [3.8, 4) is 28.6 Å². The Hall–Kier alpha value is -2.77. The van der Waals surface area contributed by atoms with Crippen molar-refractivity contribution in [3.05, 3.63) is 36.0 Å². The van der Waals surface area contributed by atoms with Crippen molar-refractivity contribution in [2.75, 3.05) is 17.1 Å². The molecule has 3 aromatic rings. The number of thioether (sulfide) groups is 1. The second-order valence-corrected chi connectivity index (χ2v) is 8.53. The van der Waals surface area contributed by atoms with Crippen LogP contribution in [-0.4, -0.2) is 40.1 Å². The molecule has 0 fully saturated rings. The van der Waals surface area contributed by atoms with Gasteiger partial charge in [0.15, 0.2) is 0 Å². The molecule has 3 aromatic heterocycles. The fourth-order valence-corrected chi connectivity index (χ4v) is 4.02. The van der Waals surface area contributed by atoms with E-state index >= 15 is 0 Å². The van der Waals surface area contributed by atoms with E-state index in [4.69, 9.17) is 5.73 Å². The molecule has 2 N–H and O–H groups in total. The molecule has 0 amide bonds. The van der Waals surface area contributed by atoms with Crippen LogP contribution in [0.3, 0.4) is 0 Å². The Morgan fingerprint density at radius 2 is 2.00 bits per heavy atom. The number of nitrogen functional groups attached to an aromatic ring is 1. The zero-order valence-electron chi connectivity index (χ0n) is 15.0. The third-order valence-electron chi connectivity index (χ3n) is 3.92. The van der Waals surface area contributed by atoms with E-state index in [0.29, 0.717) is 32.5 Å². The predicted molar refractivity (Wildman–Crippen MR) is 106 cm³/mol. The molecule has 10 heteroatoms. The Kier molecular flexibility index (Phi) is 5.53. The quantitative estimate of drug-likeness (QED) is 0.647. The Balaban J connectivity index is 2.23. The first kappa shape index (κ1) is 19.0. The summed E-state index contributed by atoms with van der Waals surface area (Å²) in [5, 5.41) is 10.6. The molecule has 1 atom stereocenters. The summed E-state index contributed by atoms with van der Waals surface area (Å²) >= 11 is 1.28. The molecular formula is C17H17N7OS2. The molecule has 0 bridgehead atoms. The van der Waals surface area contributed by atoms with Crippen molar-refractivity contribution in [3.63, 3.8) is 0 Å². The van der Waals surface area contributed by atoms with E-state index < -0.39 is 10.8 Å². The number of aryl methyl sites for hydroxylation is 1. The van der Waals surface area contributed by atoms with Crippen LogP contribution >= 0.6 is 11.8 Å². The lowest BCUT2D eigenvalue weighted by Crippen LogP contribution is -2.02. The molecule has 8 nitrogen and oxygen atoms in total. The molecule has 27 heavy (non-hydrogen) atoms. The highest BCUT2D eigenvalue weighted by Gasteiger charge is 2.19. The van der Waals surface area contributed by atoms with Crippen LogP contribution in [0, 0.1) is 18.3 Å². The highest BCUT2D eigenvalue weighted by Crippen LogP contribution is 2.34. The fraction of sp³-hybridized carbons (Fsp3) is 0.235. The third kappa shape index (κ3) is 3.99. The number of hydrogen-bond donors (Lipinski definition) is 1. The lowest BCUT2D eigenvalue weighted by molar-refractivity contribution is 0.689. The first-order valence-corrected chi connectivity index (χ1v) is 10.6. The lowest BCUT2D eigenvalue weighted by Gasteiger charge is -2.12. The molecule has 138 valence electrons. The van der Waals surface area contributed by atoms with E-state index in [1.165, 1.54) is 11.8 Å². The Morgan fingerprint density at radius 1 is 1.30 bits per heavy atom. The standard InChI is InChI=1S/C17H17N7OS2/c1-10-20-8-15(24(10)2)12-4-14(11-6-21-17(19)22-7-11)23-16(13(12)5-18)26-9-27(3)25/h4,6-8H,9H2,1-3H3,(H2,19,21,22). The number of aromatic nitrogens is 5. The van der Waals surface area contributed by atoms with Crippen molar-refractivity contribution in [2.24, 2.45) is 7.05 Å². The van der Waals surface area contributed by atoms with Crippen molar-refractivity contribution in [2.45, 2.75) is 11.9 Å². The van der Waals surface area contributed by atoms with Gasteiger partial charge in [-0.25, -0.2) is 19.9 Å². The van der Waals surface area contributed by atoms with Gasteiger partial charge in [0.05, 0.1) is 28.2 Å². The normalized spacial score (nSPS) is 11.9. The summed E-state index contributed by atoms with van der Waals surface area (Å²) in [6.45, 7) is 1.89. The second kappa shape index (κ2) is 7.85. The number of pyridine rings is 1. The molecule has 3 heterocycles. The minimum absolute atomic E-state index is 0.172. The minimum atomic E-state index is -1.03. The lowest BCUT2D eigenvalue weighted by atomic mass is 10.0. The largest absolute Gasteiger partial charge is 0.368 e. The number of rotatable bonds is 5. The highest BCUT2D eigenvalue weighted by molar-refractivity contribution is 8.10. The van der Waals surface area contributed by atoms with E-state index in [2.05, 4.69) is 26.0 Å². The molecule has 0 radical (unpaired) electrons. The summed E-state index contributed by atoms with van der Waals surface area (Å²) < 4.78 is 13.5. The van der Waals surface area contributed by atoms with Crippen LogP contribution < -0.4 is 5.73 Å². The third-order valence-corrected chi connectivity index (χ3v) is 6.29. The van der Waals surface area contributed by atoms with Crippen molar-refractivity contribution < 1.29 is 4.21 Å². The van der Waals surface area contributed by atoms with Gasteiger partial charge in [0.2, 0.25) is 5.95 Å². The van der Waals surface area contributed by atoms with Crippen LogP contribution in [0.5, 0.6) is 0 Å². The van der Waals surface area contributed by atoms with Crippen LogP contribution in [0.4, 0.5) is 5.95 Å². The van der Waals surface area contributed by atoms with Crippen molar-refractivity contribution in [1.29, 1.82) is 5.26 Å². The molecule has 0 saturated heterocycles. The molecule has 0 aliphatic heterocycles. The Bertz CT molecular complexity index is 1050. The van der Waals surface area contributed by atoms with E-state index in [1.54, 1.807) is 24.8 Å². The van der Waals surface area contributed by atoms with Gasteiger partial charge in [0.25, 0.3) is 0 Å².